The second-order valence-electron chi connectivity index (χ2n) is 4.99. The van der Waals surface area contributed by atoms with Crippen molar-refractivity contribution in [2.75, 3.05) is 13.1 Å². The van der Waals surface area contributed by atoms with Crippen LogP contribution in [-0.2, 0) is 4.74 Å². The molecule has 0 aliphatic carbocycles. The molecule has 0 spiro atoms. The third-order valence-electron chi connectivity index (χ3n) is 3.42. The Morgan fingerprint density at radius 1 is 1.33 bits per heavy atom. The van der Waals surface area contributed by atoms with Gasteiger partial charge in [0.1, 0.15) is 6.10 Å². The first-order chi connectivity index (χ1) is 8.72. The molecule has 1 aliphatic heterocycles. The number of cyclic esters (lactones) is 1. The molecular formula is C15H21NO2. The van der Waals surface area contributed by atoms with Crippen LogP contribution in [0.1, 0.15) is 38.4 Å². The number of carbonyl (C=O) groups is 1. The third-order valence-corrected chi connectivity index (χ3v) is 3.42. The molecule has 1 heterocycles. The van der Waals surface area contributed by atoms with Gasteiger partial charge in [-0.2, -0.15) is 0 Å². The summed E-state index contributed by atoms with van der Waals surface area (Å²) in [5.74, 6) is 0.335. The van der Waals surface area contributed by atoms with Crippen LogP contribution in [0.3, 0.4) is 0 Å². The zero-order chi connectivity index (χ0) is 13.0. The SMILES string of the molecule is CCCCN1C[C@@H](C)[C@H](c2ccccc2)OC1=O. The summed E-state index contributed by atoms with van der Waals surface area (Å²) in [6.45, 7) is 5.87. The lowest BCUT2D eigenvalue weighted by Crippen LogP contribution is -2.44. The van der Waals surface area contributed by atoms with Gasteiger partial charge in [0.05, 0.1) is 0 Å². The molecule has 2 atom stereocenters. The molecule has 0 bridgehead atoms. The number of nitrogens with zero attached hydrogens (tertiary/aromatic N) is 1. The topological polar surface area (TPSA) is 29.5 Å². The van der Waals surface area contributed by atoms with E-state index in [0.717, 1.165) is 31.5 Å². The molecule has 1 saturated heterocycles. The van der Waals surface area contributed by atoms with E-state index in [1.165, 1.54) is 0 Å². The molecule has 98 valence electrons. The van der Waals surface area contributed by atoms with Crippen LogP contribution in [0.5, 0.6) is 0 Å². The molecule has 1 fully saturated rings. The molecule has 1 amide bonds. The molecule has 3 heteroatoms. The first-order valence-electron chi connectivity index (χ1n) is 6.73. The van der Waals surface area contributed by atoms with Crippen LogP contribution in [0.25, 0.3) is 0 Å². The Balaban J connectivity index is 2.03. The Labute approximate surface area is 109 Å². The molecule has 1 aromatic carbocycles. The number of carbonyl (C=O) groups excluding carboxylic acids is 1. The quantitative estimate of drug-likeness (QED) is 0.813. The highest BCUT2D eigenvalue weighted by atomic mass is 16.6. The maximum atomic E-state index is 11.9. The summed E-state index contributed by atoms with van der Waals surface area (Å²) in [7, 11) is 0. The van der Waals surface area contributed by atoms with Crippen LogP contribution in [-0.4, -0.2) is 24.1 Å². The Morgan fingerprint density at radius 2 is 2.06 bits per heavy atom. The highest BCUT2D eigenvalue weighted by molar-refractivity contribution is 5.68. The number of benzene rings is 1. The Morgan fingerprint density at radius 3 is 2.72 bits per heavy atom. The second-order valence-corrected chi connectivity index (χ2v) is 4.99. The van der Waals surface area contributed by atoms with Crippen molar-refractivity contribution in [2.24, 2.45) is 5.92 Å². The van der Waals surface area contributed by atoms with Gasteiger partial charge >= 0.3 is 6.09 Å². The highest BCUT2D eigenvalue weighted by Crippen LogP contribution is 2.31. The summed E-state index contributed by atoms with van der Waals surface area (Å²) in [6, 6.07) is 10.00. The van der Waals surface area contributed by atoms with Crippen molar-refractivity contribution in [1.82, 2.24) is 4.90 Å². The minimum atomic E-state index is -0.171. The fourth-order valence-corrected chi connectivity index (χ4v) is 2.39. The van der Waals surface area contributed by atoms with Gasteiger partial charge in [-0.15, -0.1) is 0 Å². The molecule has 18 heavy (non-hydrogen) atoms. The largest absolute Gasteiger partial charge is 0.441 e. The lowest BCUT2D eigenvalue weighted by molar-refractivity contribution is -0.00798. The minimum absolute atomic E-state index is 0.100. The summed E-state index contributed by atoms with van der Waals surface area (Å²) in [4.78, 5) is 13.8. The molecule has 2 rings (SSSR count). The van der Waals surface area contributed by atoms with Crippen molar-refractivity contribution < 1.29 is 9.53 Å². The maximum Gasteiger partial charge on any atom is 0.410 e. The van der Waals surface area contributed by atoms with Gasteiger partial charge in [-0.1, -0.05) is 50.6 Å². The van der Waals surface area contributed by atoms with Gasteiger partial charge < -0.3 is 9.64 Å². The van der Waals surface area contributed by atoms with Crippen LogP contribution >= 0.6 is 0 Å². The van der Waals surface area contributed by atoms with E-state index in [0.29, 0.717) is 5.92 Å². The van der Waals surface area contributed by atoms with Crippen molar-refractivity contribution in [1.29, 1.82) is 0 Å². The van der Waals surface area contributed by atoms with E-state index in [9.17, 15) is 4.79 Å². The third kappa shape index (κ3) is 2.84. The van der Waals surface area contributed by atoms with Gasteiger partial charge in [0, 0.05) is 19.0 Å². The van der Waals surface area contributed by atoms with E-state index in [1.54, 1.807) is 0 Å². The predicted molar refractivity (Wildman–Crippen MR) is 71.3 cm³/mol. The van der Waals surface area contributed by atoms with E-state index >= 15 is 0 Å². The van der Waals surface area contributed by atoms with Crippen LogP contribution in [0.15, 0.2) is 30.3 Å². The van der Waals surface area contributed by atoms with Crippen molar-refractivity contribution >= 4 is 6.09 Å². The molecule has 1 aliphatic rings. The Hall–Kier alpha value is -1.51. The Bertz CT molecular complexity index is 391. The molecule has 0 saturated carbocycles. The fraction of sp³-hybridized carbons (Fsp3) is 0.533. The smallest absolute Gasteiger partial charge is 0.410 e. The fourth-order valence-electron chi connectivity index (χ4n) is 2.39. The van der Waals surface area contributed by atoms with Crippen molar-refractivity contribution in [3.63, 3.8) is 0 Å². The zero-order valence-corrected chi connectivity index (χ0v) is 11.1. The highest BCUT2D eigenvalue weighted by Gasteiger charge is 2.33. The number of hydrogen-bond acceptors (Lipinski definition) is 2. The molecule has 0 aromatic heterocycles. The molecular weight excluding hydrogens is 226 g/mol. The molecule has 1 aromatic rings. The van der Waals surface area contributed by atoms with E-state index in [4.69, 9.17) is 4.74 Å². The van der Waals surface area contributed by atoms with Crippen molar-refractivity contribution in [3.05, 3.63) is 35.9 Å². The van der Waals surface area contributed by atoms with Crippen LogP contribution in [0.4, 0.5) is 4.79 Å². The number of amides is 1. The van der Waals surface area contributed by atoms with Crippen LogP contribution < -0.4 is 0 Å². The molecule has 0 unspecified atom stereocenters. The molecule has 0 N–H and O–H groups in total. The first kappa shape index (κ1) is 12.9. The maximum absolute atomic E-state index is 11.9. The van der Waals surface area contributed by atoms with E-state index in [-0.39, 0.29) is 12.2 Å². The van der Waals surface area contributed by atoms with Crippen LogP contribution in [0, 0.1) is 5.92 Å². The predicted octanol–water partition coefficient (Wildman–Crippen LogP) is 3.62. The number of hydrogen-bond donors (Lipinski definition) is 0. The minimum Gasteiger partial charge on any atom is -0.441 e. The summed E-state index contributed by atoms with van der Waals surface area (Å²) in [5, 5.41) is 0. The standard InChI is InChI=1S/C15H21NO2/c1-3-4-10-16-11-12(2)14(18-15(16)17)13-8-6-5-7-9-13/h5-9,12,14H,3-4,10-11H2,1-2H3/t12-,14-/m1/s1. The normalized spacial score (nSPS) is 23.9. The zero-order valence-electron chi connectivity index (χ0n) is 11.1. The van der Waals surface area contributed by atoms with Crippen molar-refractivity contribution in [2.45, 2.75) is 32.8 Å². The lowest BCUT2D eigenvalue weighted by atomic mass is 9.95. The van der Waals surface area contributed by atoms with Gasteiger partial charge in [0.15, 0.2) is 0 Å². The number of ether oxygens (including phenoxy) is 1. The average molecular weight is 247 g/mol. The summed E-state index contributed by atoms with van der Waals surface area (Å²) >= 11 is 0. The summed E-state index contributed by atoms with van der Waals surface area (Å²) < 4.78 is 5.58. The monoisotopic (exact) mass is 247 g/mol. The van der Waals surface area contributed by atoms with Gasteiger partial charge in [0.2, 0.25) is 0 Å². The number of rotatable bonds is 4. The number of unbranched alkanes of at least 4 members (excludes halogenated alkanes) is 1. The van der Waals surface area contributed by atoms with Crippen molar-refractivity contribution in [3.8, 4) is 0 Å². The van der Waals surface area contributed by atoms with Gasteiger partial charge in [-0.3, -0.25) is 0 Å². The van der Waals surface area contributed by atoms with Crippen LogP contribution in [0.2, 0.25) is 0 Å². The Kier molecular flexibility index (Phi) is 4.24. The van der Waals surface area contributed by atoms with E-state index in [2.05, 4.69) is 13.8 Å². The van der Waals surface area contributed by atoms with Gasteiger partial charge in [-0.05, 0) is 12.0 Å². The average Bonchev–Trinajstić information content (AvgIpc) is 2.40. The summed E-state index contributed by atoms with van der Waals surface area (Å²) in [6.07, 6.45) is 1.87. The van der Waals surface area contributed by atoms with E-state index in [1.807, 2.05) is 35.2 Å². The molecule has 0 radical (unpaired) electrons. The molecule has 3 nitrogen and oxygen atoms in total. The summed E-state index contributed by atoms with van der Waals surface area (Å²) in [5.41, 5.74) is 1.09. The van der Waals surface area contributed by atoms with Gasteiger partial charge in [0.25, 0.3) is 0 Å². The van der Waals surface area contributed by atoms with Gasteiger partial charge in [-0.25, -0.2) is 4.79 Å². The van der Waals surface area contributed by atoms with E-state index < -0.39 is 0 Å². The second kappa shape index (κ2) is 5.89. The lowest BCUT2D eigenvalue weighted by Gasteiger charge is -2.36. The first-order valence-corrected chi connectivity index (χ1v) is 6.73.